The molecule has 0 bridgehead atoms. The van der Waals surface area contributed by atoms with Crippen LogP contribution in [0.5, 0.6) is 0 Å². The van der Waals surface area contributed by atoms with Crippen molar-refractivity contribution >= 4 is 17.8 Å². The zero-order chi connectivity index (χ0) is 18.8. The van der Waals surface area contributed by atoms with E-state index in [2.05, 4.69) is 0 Å². The first-order valence-corrected chi connectivity index (χ1v) is 9.35. The van der Waals surface area contributed by atoms with Gasteiger partial charge in [-0.05, 0) is 29.9 Å². The van der Waals surface area contributed by atoms with E-state index < -0.39 is 24.1 Å². The van der Waals surface area contributed by atoms with E-state index in [0.29, 0.717) is 5.92 Å². The highest BCUT2D eigenvalue weighted by atomic mass is 16.6. The number of carbonyl (C=O) groups is 2. The number of esters is 1. The van der Waals surface area contributed by atoms with Crippen LogP contribution in [0.2, 0.25) is 0 Å². The molecule has 4 heteroatoms. The smallest absolute Gasteiger partial charge is 0.318 e. The highest BCUT2D eigenvalue weighted by Crippen LogP contribution is 2.49. The average molecular weight is 362 g/mol. The van der Waals surface area contributed by atoms with Gasteiger partial charge in [0.2, 0.25) is 0 Å². The first-order valence-electron chi connectivity index (χ1n) is 9.35. The number of rotatable bonds is 6. The van der Waals surface area contributed by atoms with Crippen LogP contribution in [0.15, 0.2) is 66.7 Å². The predicted molar refractivity (Wildman–Crippen MR) is 102 cm³/mol. The monoisotopic (exact) mass is 362 g/mol. The molecular weight excluding hydrogens is 340 g/mol. The maximum absolute atomic E-state index is 13.0. The maximum atomic E-state index is 13.0. The third-order valence-electron chi connectivity index (χ3n) is 5.35. The summed E-state index contributed by atoms with van der Waals surface area (Å²) >= 11 is 0. The first kappa shape index (κ1) is 17.7. The largest absolute Gasteiger partial charge is 0.451 e. The van der Waals surface area contributed by atoms with Gasteiger partial charge in [0.15, 0.2) is 11.9 Å². The summed E-state index contributed by atoms with van der Waals surface area (Å²) in [5.74, 6) is -1.50. The van der Waals surface area contributed by atoms with E-state index >= 15 is 0 Å². The van der Waals surface area contributed by atoms with Crippen LogP contribution in [0, 0.1) is 11.8 Å². The molecule has 4 unspecified atom stereocenters. The summed E-state index contributed by atoms with van der Waals surface area (Å²) < 4.78 is 5.33. The second kappa shape index (κ2) is 7.49. The summed E-state index contributed by atoms with van der Waals surface area (Å²) in [6.45, 7) is 0. The van der Waals surface area contributed by atoms with Crippen molar-refractivity contribution in [2.24, 2.45) is 11.8 Å². The molecule has 0 radical (unpaired) electrons. The lowest BCUT2D eigenvalue weighted by molar-refractivity contribution is -0.147. The van der Waals surface area contributed by atoms with Crippen molar-refractivity contribution in [1.29, 1.82) is 0 Å². The molecule has 2 fully saturated rings. The third kappa shape index (κ3) is 3.71. The van der Waals surface area contributed by atoms with Crippen LogP contribution < -0.4 is 0 Å². The Morgan fingerprint density at radius 3 is 2.22 bits per heavy atom. The molecule has 0 spiro atoms. The van der Waals surface area contributed by atoms with Crippen molar-refractivity contribution in [2.45, 2.75) is 31.0 Å². The minimum absolute atomic E-state index is 0.165. The summed E-state index contributed by atoms with van der Waals surface area (Å²) in [4.78, 5) is 25.5. The van der Waals surface area contributed by atoms with Gasteiger partial charge in [0.05, 0.1) is 0 Å². The molecule has 4 atom stereocenters. The van der Waals surface area contributed by atoms with Crippen LogP contribution in [0.3, 0.4) is 0 Å². The number of ether oxygens (including phenoxy) is 1. The van der Waals surface area contributed by atoms with Crippen LogP contribution in [0.25, 0.3) is 6.08 Å². The van der Waals surface area contributed by atoms with Crippen molar-refractivity contribution in [2.75, 3.05) is 0 Å². The fraction of sp³-hybridized carbons (Fsp3) is 0.304. The molecule has 1 heterocycles. The number of carbonyl (C=O) groups excluding carboxylic acids is 2. The minimum Gasteiger partial charge on any atom is -0.451 e. The molecule has 1 aliphatic heterocycles. The molecular formula is C23H22O4. The molecule has 2 aliphatic rings. The summed E-state index contributed by atoms with van der Waals surface area (Å²) in [7, 11) is 0. The summed E-state index contributed by atoms with van der Waals surface area (Å²) in [6.07, 6.45) is 2.99. The zero-order valence-electron chi connectivity index (χ0n) is 14.9. The highest BCUT2D eigenvalue weighted by Gasteiger charge is 2.53. The Morgan fingerprint density at radius 1 is 0.963 bits per heavy atom. The lowest BCUT2D eigenvalue weighted by atomic mass is 9.79. The average Bonchev–Trinajstić information content (AvgIpc) is 3.49. The number of Topliss-reactive ketones (excluding diaryl/α,β-unsaturated/α-hetero) is 1. The Hall–Kier alpha value is -2.72. The number of aliphatic hydroxyl groups is 1. The summed E-state index contributed by atoms with van der Waals surface area (Å²) in [6, 6.07) is 19.2. The lowest BCUT2D eigenvalue weighted by Crippen LogP contribution is -2.33. The number of hydrogen-bond acceptors (Lipinski definition) is 4. The van der Waals surface area contributed by atoms with Crippen molar-refractivity contribution < 1.29 is 19.4 Å². The van der Waals surface area contributed by atoms with Gasteiger partial charge < -0.3 is 9.84 Å². The van der Waals surface area contributed by atoms with Gasteiger partial charge >= 0.3 is 5.97 Å². The van der Waals surface area contributed by atoms with E-state index in [4.69, 9.17) is 4.74 Å². The Bertz CT molecular complexity index is 839. The van der Waals surface area contributed by atoms with E-state index in [-0.39, 0.29) is 11.7 Å². The molecule has 27 heavy (non-hydrogen) atoms. The van der Waals surface area contributed by atoms with Gasteiger partial charge in [0, 0.05) is 5.92 Å². The quantitative estimate of drug-likeness (QED) is 0.632. The fourth-order valence-electron chi connectivity index (χ4n) is 3.85. The fourth-order valence-corrected chi connectivity index (χ4v) is 3.85. The molecule has 4 nitrogen and oxygen atoms in total. The van der Waals surface area contributed by atoms with E-state index in [9.17, 15) is 14.7 Å². The predicted octanol–water partition coefficient (Wildman–Crippen LogP) is 3.37. The minimum atomic E-state index is -1.15. The Kier molecular flexibility index (Phi) is 4.90. The van der Waals surface area contributed by atoms with Gasteiger partial charge in [0.25, 0.3) is 0 Å². The van der Waals surface area contributed by atoms with Crippen molar-refractivity contribution in [3.8, 4) is 0 Å². The molecule has 1 N–H and O–H groups in total. The normalized spacial score (nSPS) is 24.8. The molecule has 1 aliphatic carbocycles. The lowest BCUT2D eigenvalue weighted by Gasteiger charge is -2.20. The third-order valence-corrected chi connectivity index (χ3v) is 5.35. The van der Waals surface area contributed by atoms with Crippen molar-refractivity contribution in [1.82, 2.24) is 0 Å². The molecule has 0 amide bonds. The van der Waals surface area contributed by atoms with Gasteiger partial charge in [-0.3, -0.25) is 9.59 Å². The second-order valence-electron chi connectivity index (χ2n) is 7.27. The van der Waals surface area contributed by atoms with E-state index in [1.807, 2.05) is 60.7 Å². The second-order valence-corrected chi connectivity index (χ2v) is 7.27. The van der Waals surface area contributed by atoms with Gasteiger partial charge in [-0.2, -0.15) is 0 Å². The molecule has 138 valence electrons. The Labute approximate surface area is 158 Å². The molecule has 2 aromatic carbocycles. The molecule has 2 aromatic rings. The number of benzene rings is 2. The van der Waals surface area contributed by atoms with E-state index in [1.165, 1.54) is 6.08 Å². The molecule has 4 rings (SSSR count). The number of aliphatic hydroxyl groups excluding tert-OH is 1. The van der Waals surface area contributed by atoms with Gasteiger partial charge in [-0.15, -0.1) is 0 Å². The Morgan fingerprint density at radius 2 is 1.59 bits per heavy atom. The topological polar surface area (TPSA) is 63.6 Å². The van der Waals surface area contributed by atoms with Crippen LogP contribution in [0.1, 0.15) is 29.9 Å². The Balaban J connectivity index is 1.53. The van der Waals surface area contributed by atoms with Crippen molar-refractivity contribution in [3.63, 3.8) is 0 Å². The van der Waals surface area contributed by atoms with E-state index in [1.54, 1.807) is 6.08 Å². The van der Waals surface area contributed by atoms with Crippen molar-refractivity contribution in [3.05, 3.63) is 77.9 Å². The number of hydrogen-bond donors (Lipinski definition) is 1. The summed E-state index contributed by atoms with van der Waals surface area (Å²) in [5.41, 5.74) is 1.90. The van der Waals surface area contributed by atoms with Crippen LogP contribution >= 0.6 is 0 Å². The SMILES string of the molecule is O=C1OC(C(O)C=Cc2ccccc2)C(=O)C1C(c1ccccc1)C1CC1. The molecule has 0 aromatic heterocycles. The maximum Gasteiger partial charge on any atom is 0.318 e. The number of cyclic esters (lactones) is 1. The standard InChI is InChI=1S/C23H22O4/c24-18(14-11-15-7-3-1-4-8-15)22-21(25)20(23(26)27-22)19(17-12-13-17)16-9-5-2-6-10-16/h1-11,14,17-20,22,24H,12-13H2. The zero-order valence-corrected chi connectivity index (χ0v) is 14.9. The molecule has 1 saturated carbocycles. The van der Waals surface area contributed by atoms with Crippen LogP contribution in [0.4, 0.5) is 0 Å². The number of ketones is 1. The van der Waals surface area contributed by atoms with Gasteiger partial charge in [-0.25, -0.2) is 0 Å². The first-order chi connectivity index (χ1) is 13.1. The van der Waals surface area contributed by atoms with Crippen LogP contribution in [-0.4, -0.2) is 29.1 Å². The summed E-state index contributed by atoms with van der Waals surface area (Å²) in [5, 5.41) is 10.4. The van der Waals surface area contributed by atoms with E-state index in [0.717, 1.165) is 24.0 Å². The molecule has 1 saturated heterocycles. The van der Waals surface area contributed by atoms with Crippen LogP contribution in [-0.2, 0) is 14.3 Å². The van der Waals surface area contributed by atoms with Gasteiger partial charge in [-0.1, -0.05) is 72.8 Å². The highest BCUT2D eigenvalue weighted by molar-refractivity contribution is 6.08. The van der Waals surface area contributed by atoms with Gasteiger partial charge in [0.1, 0.15) is 12.0 Å².